The second-order valence-corrected chi connectivity index (χ2v) is 8.00. The molecule has 0 saturated carbocycles. The first-order chi connectivity index (χ1) is 13.1. The molecule has 0 aromatic heterocycles. The van der Waals surface area contributed by atoms with Crippen LogP contribution in [-0.4, -0.2) is 29.3 Å². The predicted molar refractivity (Wildman–Crippen MR) is 110 cm³/mol. The SMILES string of the molecule is CCN(Cc1cccc(F)c1)C(=O)[C@H](C)NC(=O)c1ccc(C(C)(C)C)cc1. The number of hydrogen-bond acceptors (Lipinski definition) is 2. The topological polar surface area (TPSA) is 49.4 Å². The van der Waals surface area contributed by atoms with E-state index in [1.165, 1.54) is 12.1 Å². The van der Waals surface area contributed by atoms with Crippen LogP contribution in [0.5, 0.6) is 0 Å². The fraction of sp³-hybridized carbons (Fsp3) is 0.391. The molecule has 5 heteroatoms. The van der Waals surface area contributed by atoms with Crippen LogP contribution in [0.1, 0.15) is 56.1 Å². The van der Waals surface area contributed by atoms with E-state index in [1.54, 1.807) is 36.1 Å². The lowest BCUT2D eigenvalue weighted by atomic mass is 9.86. The number of nitrogens with zero attached hydrogens (tertiary/aromatic N) is 1. The van der Waals surface area contributed by atoms with E-state index in [4.69, 9.17) is 0 Å². The zero-order valence-corrected chi connectivity index (χ0v) is 17.3. The molecule has 28 heavy (non-hydrogen) atoms. The number of rotatable bonds is 6. The molecule has 0 aliphatic rings. The van der Waals surface area contributed by atoms with Gasteiger partial charge in [0.05, 0.1) is 0 Å². The van der Waals surface area contributed by atoms with Gasteiger partial charge < -0.3 is 10.2 Å². The predicted octanol–water partition coefficient (Wildman–Crippen LogP) is 4.29. The summed E-state index contributed by atoms with van der Waals surface area (Å²) in [5, 5.41) is 2.76. The van der Waals surface area contributed by atoms with Crippen molar-refractivity contribution in [2.24, 2.45) is 0 Å². The van der Waals surface area contributed by atoms with Gasteiger partial charge in [0.1, 0.15) is 11.9 Å². The minimum atomic E-state index is -0.677. The number of likely N-dealkylation sites (N-methyl/N-ethyl adjacent to an activating group) is 1. The van der Waals surface area contributed by atoms with E-state index in [9.17, 15) is 14.0 Å². The lowest BCUT2D eigenvalue weighted by Crippen LogP contribution is -2.46. The number of carbonyl (C=O) groups is 2. The maximum atomic E-state index is 13.4. The van der Waals surface area contributed by atoms with Gasteiger partial charge in [-0.15, -0.1) is 0 Å². The van der Waals surface area contributed by atoms with E-state index in [0.717, 1.165) is 5.56 Å². The van der Waals surface area contributed by atoms with Crippen molar-refractivity contribution in [1.82, 2.24) is 10.2 Å². The Morgan fingerprint density at radius 3 is 2.29 bits per heavy atom. The van der Waals surface area contributed by atoms with Crippen molar-refractivity contribution in [3.63, 3.8) is 0 Å². The summed E-state index contributed by atoms with van der Waals surface area (Å²) >= 11 is 0. The maximum Gasteiger partial charge on any atom is 0.251 e. The molecule has 4 nitrogen and oxygen atoms in total. The summed E-state index contributed by atoms with van der Waals surface area (Å²) in [5.74, 6) is -0.824. The second-order valence-electron chi connectivity index (χ2n) is 8.00. The van der Waals surface area contributed by atoms with Gasteiger partial charge in [-0.2, -0.15) is 0 Å². The first-order valence-corrected chi connectivity index (χ1v) is 9.56. The third kappa shape index (κ3) is 5.65. The lowest BCUT2D eigenvalue weighted by molar-refractivity contribution is -0.133. The zero-order valence-electron chi connectivity index (χ0n) is 17.3. The number of nitrogens with one attached hydrogen (secondary N) is 1. The summed E-state index contributed by atoms with van der Waals surface area (Å²) in [5.41, 5.74) is 2.38. The summed E-state index contributed by atoms with van der Waals surface area (Å²) in [7, 11) is 0. The van der Waals surface area contributed by atoms with Crippen LogP contribution in [0.3, 0.4) is 0 Å². The Labute approximate surface area is 166 Å². The largest absolute Gasteiger partial charge is 0.341 e. The number of carbonyl (C=O) groups excluding carboxylic acids is 2. The average Bonchev–Trinajstić information content (AvgIpc) is 2.65. The molecule has 0 radical (unpaired) electrons. The van der Waals surface area contributed by atoms with Crippen LogP contribution in [0, 0.1) is 5.82 Å². The Hall–Kier alpha value is -2.69. The third-order valence-corrected chi connectivity index (χ3v) is 4.69. The molecule has 2 amide bonds. The standard InChI is InChI=1S/C23H29FN2O2/c1-6-26(15-17-8-7-9-20(24)14-17)22(28)16(2)25-21(27)18-10-12-19(13-11-18)23(3,4)5/h7-14,16H,6,15H2,1-5H3,(H,25,27)/t16-/m0/s1. The number of halogens is 1. The van der Waals surface area contributed by atoms with Crippen molar-refractivity contribution < 1.29 is 14.0 Å². The molecule has 0 aliphatic carbocycles. The molecule has 0 aliphatic heterocycles. The van der Waals surface area contributed by atoms with Crippen LogP contribution in [-0.2, 0) is 16.8 Å². The number of hydrogen-bond donors (Lipinski definition) is 1. The molecule has 2 aromatic rings. The molecule has 0 fully saturated rings. The Morgan fingerprint density at radius 1 is 1.11 bits per heavy atom. The average molecular weight is 384 g/mol. The van der Waals surface area contributed by atoms with Crippen molar-refractivity contribution >= 4 is 11.8 Å². The van der Waals surface area contributed by atoms with E-state index in [1.807, 2.05) is 19.1 Å². The molecule has 0 spiro atoms. The van der Waals surface area contributed by atoms with Gasteiger partial charge in [-0.3, -0.25) is 9.59 Å². The molecule has 0 unspecified atom stereocenters. The fourth-order valence-electron chi connectivity index (χ4n) is 2.94. The Balaban J connectivity index is 2.02. The van der Waals surface area contributed by atoms with Crippen molar-refractivity contribution in [2.45, 2.75) is 52.6 Å². The summed E-state index contributed by atoms with van der Waals surface area (Å²) in [6, 6.07) is 12.9. The molecule has 2 rings (SSSR count). The van der Waals surface area contributed by atoms with Gasteiger partial charge in [0.25, 0.3) is 5.91 Å². The maximum absolute atomic E-state index is 13.4. The van der Waals surface area contributed by atoms with E-state index >= 15 is 0 Å². The first-order valence-electron chi connectivity index (χ1n) is 9.56. The molecule has 2 aromatic carbocycles. The van der Waals surface area contributed by atoms with Gasteiger partial charge in [-0.1, -0.05) is 45.0 Å². The lowest BCUT2D eigenvalue weighted by Gasteiger charge is -2.25. The summed E-state index contributed by atoms with van der Waals surface area (Å²) in [6.45, 7) is 10.6. The van der Waals surface area contributed by atoms with Gasteiger partial charge in [0.2, 0.25) is 5.91 Å². The summed E-state index contributed by atoms with van der Waals surface area (Å²) < 4.78 is 13.4. The fourth-order valence-corrected chi connectivity index (χ4v) is 2.94. The monoisotopic (exact) mass is 384 g/mol. The normalized spacial score (nSPS) is 12.4. The zero-order chi connectivity index (χ0) is 20.9. The number of benzene rings is 2. The van der Waals surface area contributed by atoms with Gasteiger partial charge in [-0.25, -0.2) is 4.39 Å². The van der Waals surface area contributed by atoms with Gasteiger partial charge in [0.15, 0.2) is 0 Å². The van der Waals surface area contributed by atoms with Crippen molar-refractivity contribution in [2.75, 3.05) is 6.54 Å². The van der Waals surface area contributed by atoms with Gasteiger partial charge in [-0.05, 0) is 54.7 Å². The highest BCUT2D eigenvalue weighted by Crippen LogP contribution is 2.22. The van der Waals surface area contributed by atoms with Crippen molar-refractivity contribution in [1.29, 1.82) is 0 Å². The molecule has 0 heterocycles. The van der Waals surface area contributed by atoms with E-state index in [2.05, 4.69) is 26.1 Å². The quantitative estimate of drug-likeness (QED) is 0.808. The van der Waals surface area contributed by atoms with E-state index in [-0.39, 0.29) is 23.0 Å². The molecule has 0 bridgehead atoms. The third-order valence-electron chi connectivity index (χ3n) is 4.69. The van der Waals surface area contributed by atoms with Crippen LogP contribution in [0.25, 0.3) is 0 Å². The smallest absolute Gasteiger partial charge is 0.251 e. The van der Waals surface area contributed by atoms with E-state index in [0.29, 0.717) is 24.2 Å². The van der Waals surface area contributed by atoms with Crippen LogP contribution >= 0.6 is 0 Å². The Morgan fingerprint density at radius 2 is 1.75 bits per heavy atom. The van der Waals surface area contributed by atoms with Crippen LogP contribution < -0.4 is 5.32 Å². The Bertz CT molecular complexity index is 825. The number of amides is 2. The van der Waals surface area contributed by atoms with Gasteiger partial charge >= 0.3 is 0 Å². The van der Waals surface area contributed by atoms with Crippen LogP contribution in [0.4, 0.5) is 4.39 Å². The summed E-state index contributed by atoms with van der Waals surface area (Å²) in [4.78, 5) is 26.8. The highest BCUT2D eigenvalue weighted by molar-refractivity contribution is 5.97. The molecule has 1 atom stereocenters. The van der Waals surface area contributed by atoms with Crippen molar-refractivity contribution in [3.8, 4) is 0 Å². The first kappa shape index (κ1) is 21.6. The van der Waals surface area contributed by atoms with Crippen molar-refractivity contribution in [3.05, 3.63) is 71.0 Å². The highest BCUT2D eigenvalue weighted by Gasteiger charge is 2.22. The molecular formula is C23H29FN2O2. The summed E-state index contributed by atoms with van der Waals surface area (Å²) in [6.07, 6.45) is 0. The molecular weight excluding hydrogens is 355 g/mol. The minimum Gasteiger partial charge on any atom is -0.341 e. The van der Waals surface area contributed by atoms with Crippen LogP contribution in [0.15, 0.2) is 48.5 Å². The second kappa shape index (κ2) is 9.00. The molecule has 150 valence electrons. The Kier molecular flexibility index (Phi) is 6.95. The highest BCUT2D eigenvalue weighted by atomic mass is 19.1. The molecule has 1 N–H and O–H groups in total. The van der Waals surface area contributed by atoms with E-state index < -0.39 is 6.04 Å². The van der Waals surface area contributed by atoms with Gasteiger partial charge in [0, 0.05) is 18.7 Å². The molecule has 0 saturated heterocycles. The minimum absolute atomic E-state index is 0.0107. The van der Waals surface area contributed by atoms with Crippen LogP contribution in [0.2, 0.25) is 0 Å².